The van der Waals surface area contributed by atoms with E-state index in [0.717, 1.165) is 49.4 Å². The molecule has 2 N–H and O–H groups in total. The number of carbonyl (C=O) groups excluding carboxylic acids is 3. The lowest BCUT2D eigenvalue weighted by Gasteiger charge is -2.23. The first-order valence-corrected chi connectivity index (χ1v) is 16.4. The minimum atomic E-state index is -4.39. The fourth-order valence-corrected chi connectivity index (χ4v) is 5.44. The number of nitrogens with one attached hydrogen (secondary N) is 2. The maximum absolute atomic E-state index is 12.3. The van der Waals surface area contributed by atoms with E-state index in [-0.39, 0.29) is 5.91 Å². The predicted octanol–water partition coefficient (Wildman–Crippen LogP) is 6.74. The second kappa shape index (κ2) is 18.3. The first-order valence-electron chi connectivity index (χ1n) is 14.7. The maximum Gasteiger partial charge on any atom is 0.417 e. The number of piperidine rings is 1. The van der Waals surface area contributed by atoms with Crippen LogP contribution in [0.25, 0.3) is 11.8 Å². The predicted molar refractivity (Wildman–Crippen MR) is 182 cm³/mol. The van der Waals surface area contributed by atoms with Crippen LogP contribution in [0.5, 0.6) is 0 Å². The fourth-order valence-electron chi connectivity index (χ4n) is 4.32. The molecule has 0 bridgehead atoms. The lowest BCUT2D eigenvalue weighted by molar-refractivity contribution is -0.137. The van der Waals surface area contributed by atoms with E-state index < -0.39 is 11.7 Å². The van der Waals surface area contributed by atoms with Crippen molar-refractivity contribution in [3.8, 4) is 11.8 Å². The summed E-state index contributed by atoms with van der Waals surface area (Å²) in [4.78, 5) is 45.4. The Hall–Kier alpha value is -4.50. The molecule has 256 valence electrons. The Morgan fingerprint density at radius 1 is 0.898 bits per heavy atom. The van der Waals surface area contributed by atoms with Gasteiger partial charge in [0.05, 0.1) is 28.7 Å². The van der Waals surface area contributed by atoms with Crippen LogP contribution in [0.4, 0.5) is 13.2 Å². The van der Waals surface area contributed by atoms with Crippen LogP contribution >= 0.6 is 35.0 Å². The van der Waals surface area contributed by atoms with Gasteiger partial charge in [0, 0.05) is 58.1 Å². The van der Waals surface area contributed by atoms with Crippen LogP contribution in [0.2, 0.25) is 10.0 Å². The summed E-state index contributed by atoms with van der Waals surface area (Å²) in [6, 6.07) is 13.3. The molecule has 0 spiro atoms. The van der Waals surface area contributed by atoms with Gasteiger partial charge in [-0.25, -0.2) is 15.0 Å². The number of carbonyl (C=O) groups is 3. The highest BCUT2D eigenvalue weighted by Gasteiger charge is 2.30. The smallest absolute Gasteiger partial charge is 0.353 e. The Balaban J connectivity index is 0.000000167. The number of benzene rings is 1. The van der Waals surface area contributed by atoms with Gasteiger partial charge in [-0.15, -0.1) is 11.8 Å². The standard InChI is InChI=1S/C13H17ClN2OS.C11H7F3N2O.C9H6ClN3O/c14-10-2-1-3-12(8-10)18-9-13(17)16-11-4-6-15-7-5-11;12-11(13,14)9-1-2-10(15-5-9)16-4-3-8(6-16)7-17;10-8-3-11-9(12-4-8)13-2-1-7(5-13)6-14/h1-3,8,11,15H,4-7,9H2,(H,16,17);1-7H;1-6H. The van der Waals surface area contributed by atoms with Gasteiger partial charge in [-0.1, -0.05) is 29.3 Å². The molecule has 1 aromatic carbocycles. The summed E-state index contributed by atoms with van der Waals surface area (Å²) in [5, 5.41) is 7.54. The number of aromatic nitrogens is 5. The number of pyridine rings is 1. The van der Waals surface area contributed by atoms with Crippen molar-refractivity contribution in [1.82, 2.24) is 34.7 Å². The van der Waals surface area contributed by atoms with Crippen LogP contribution in [0.15, 0.2) is 96.8 Å². The molecule has 1 aliphatic rings. The largest absolute Gasteiger partial charge is 0.417 e. The third kappa shape index (κ3) is 12.2. The SMILES string of the molecule is O=C(CSc1cccc(Cl)c1)NC1CCNCC1.O=Cc1ccn(-c2ccc(C(F)(F)F)cn2)c1.O=Cc1ccn(-c2ncc(Cl)cn2)c1. The monoisotopic (exact) mass is 731 g/mol. The van der Waals surface area contributed by atoms with Crippen LogP contribution in [-0.2, 0) is 11.0 Å². The number of rotatable bonds is 8. The molecular weight excluding hydrogens is 702 g/mol. The quantitative estimate of drug-likeness (QED) is 0.133. The topological polar surface area (TPSA) is 124 Å². The Bertz CT molecular complexity index is 1810. The normalized spacial score (nSPS) is 12.9. The van der Waals surface area contributed by atoms with Crippen LogP contribution in [0, 0.1) is 0 Å². The van der Waals surface area contributed by atoms with Gasteiger partial charge in [0.1, 0.15) is 5.82 Å². The molecule has 16 heteroatoms. The van der Waals surface area contributed by atoms with E-state index in [1.54, 1.807) is 35.3 Å². The molecule has 0 unspecified atom stereocenters. The summed E-state index contributed by atoms with van der Waals surface area (Å²) in [7, 11) is 0. The van der Waals surface area contributed by atoms with Crippen LogP contribution in [0.3, 0.4) is 0 Å². The summed E-state index contributed by atoms with van der Waals surface area (Å²) >= 11 is 13.1. The molecule has 0 aliphatic carbocycles. The second-order valence-corrected chi connectivity index (χ2v) is 12.3. The second-order valence-electron chi connectivity index (χ2n) is 10.4. The molecule has 0 radical (unpaired) electrons. The van der Waals surface area contributed by atoms with E-state index in [1.165, 1.54) is 41.0 Å². The van der Waals surface area contributed by atoms with Crippen LogP contribution < -0.4 is 10.6 Å². The number of thioether (sulfide) groups is 1. The average molecular weight is 733 g/mol. The molecule has 49 heavy (non-hydrogen) atoms. The number of amides is 1. The number of hydrogen-bond acceptors (Lipinski definition) is 8. The van der Waals surface area contributed by atoms with Gasteiger partial charge in [-0.05, 0) is 68.4 Å². The van der Waals surface area contributed by atoms with Gasteiger partial charge in [-0.3, -0.25) is 19.0 Å². The van der Waals surface area contributed by atoms with Crippen molar-refractivity contribution in [2.45, 2.75) is 30.0 Å². The van der Waals surface area contributed by atoms with Gasteiger partial charge < -0.3 is 15.2 Å². The Labute approximate surface area is 294 Å². The third-order valence-electron chi connectivity index (χ3n) is 6.75. The molecule has 6 rings (SSSR count). The van der Waals surface area contributed by atoms with Crippen molar-refractivity contribution < 1.29 is 27.6 Å². The molecule has 4 aromatic heterocycles. The Morgan fingerprint density at radius 2 is 1.55 bits per heavy atom. The van der Waals surface area contributed by atoms with Crippen molar-refractivity contribution in [3.63, 3.8) is 0 Å². The highest BCUT2D eigenvalue weighted by molar-refractivity contribution is 8.00. The van der Waals surface area contributed by atoms with Gasteiger partial charge in [0.25, 0.3) is 0 Å². The number of halogens is 5. The average Bonchev–Trinajstić information content (AvgIpc) is 3.79. The molecule has 5 heterocycles. The van der Waals surface area contributed by atoms with Crippen molar-refractivity contribution in [1.29, 1.82) is 0 Å². The molecule has 0 saturated carbocycles. The van der Waals surface area contributed by atoms with Crippen LogP contribution in [0.1, 0.15) is 39.1 Å². The summed E-state index contributed by atoms with van der Waals surface area (Å²) < 4.78 is 40.0. The minimum Gasteiger partial charge on any atom is -0.353 e. The van der Waals surface area contributed by atoms with E-state index in [4.69, 9.17) is 23.2 Å². The highest BCUT2D eigenvalue weighted by Crippen LogP contribution is 2.28. The molecule has 0 atom stereocenters. The first-order chi connectivity index (χ1) is 23.5. The zero-order valence-electron chi connectivity index (χ0n) is 25.7. The minimum absolute atomic E-state index is 0.104. The summed E-state index contributed by atoms with van der Waals surface area (Å²) in [5.74, 6) is 1.37. The van der Waals surface area contributed by atoms with E-state index in [1.807, 2.05) is 24.3 Å². The molecule has 1 amide bonds. The van der Waals surface area contributed by atoms with Crippen molar-refractivity contribution in [2.24, 2.45) is 0 Å². The molecule has 10 nitrogen and oxygen atoms in total. The van der Waals surface area contributed by atoms with E-state index in [9.17, 15) is 27.6 Å². The molecule has 1 aliphatic heterocycles. The Morgan fingerprint density at radius 3 is 2.12 bits per heavy atom. The van der Waals surface area contributed by atoms with E-state index in [2.05, 4.69) is 25.6 Å². The van der Waals surface area contributed by atoms with Crippen LogP contribution in [-0.4, -0.2) is 67.4 Å². The van der Waals surface area contributed by atoms with Crippen molar-refractivity contribution >= 4 is 53.4 Å². The van der Waals surface area contributed by atoms with Gasteiger partial charge in [0.2, 0.25) is 11.9 Å². The third-order valence-corrected chi connectivity index (χ3v) is 8.18. The van der Waals surface area contributed by atoms with Gasteiger partial charge >= 0.3 is 6.18 Å². The highest BCUT2D eigenvalue weighted by atomic mass is 35.5. The summed E-state index contributed by atoms with van der Waals surface area (Å²) in [6.07, 6.45) is 9.25. The maximum atomic E-state index is 12.3. The Kier molecular flexibility index (Phi) is 13.9. The zero-order valence-corrected chi connectivity index (χ0v) is 28.0. The molecule has 1 fully saturated rings. The molecular formula is C33H30Cl2F3N7O3S. The lowest BCUT2D eigenvalue weighted by Crippen LogP contribution is -2.43. The number of alkyl halides is 3. The van der Waals surface area contributed by atoms with E-state index >= 15 is 0 Å². The zero-order chi connectivity index (χ0) is 35.2. The summed E-state index contributed by atoms with van der Waals surface area (Å²) in [6.45, 7) is 1.98. The lowest BCUT2D eigenvalue weighted by atomic mass is 10.1. The molecule has 5 aromatic rings. The van der Waals surface area contributed by atoms with E-state index in [0.29, 0.717) is 51.0 Å². The number of aldehydes is 2. The molecule has 1 saturated heterocycles. The number of hydrogen-bond donors (Lipinski definition) is 2. The fraction of sp³-hybridized carbons (Fsp3) is 0.212. The van der Waals surface area contributed by atoms with Crippen molar-refractivity contribution in [2.75, 3.05) is 18.8 Å². The van der Waals surface area contributed by atoms with Gasteiger partial charge in [-0.2, -0.15) is 13.2 Å². The first kappa shape index (κ1) is 37.3. The van der Waals surface area contributed by atoms with Gasteiger partial charge in [0.15, 0.2) is 12.6 Å². The summed E-state index contributed by atoms with van der Waals surface area (Å²) in [5.41, 5.74) is 0.222. The van der Waals surface area contributed by atoms with Crippen molar-refractivity contribution in [3.05, 3.63) is 119 Å². The number of nitrogens with zero attached hydrogens (tertiary/aromatic N) is 5.